The number of nitrogens with two attached hydrogens (primary N) is 1. The lowest BCUT2D eigenvalue weighted by Gasteiger charge is -2.17. The summed E-state index contributed by atoms with van der Waals surface area (Å²) in [5.41, 5.74) is 3.64. The molecule has 0 aliphatic carbocycles. The van der Waals surface area contributed by atoms with Gasteiger partial charge in [-0.3, -0.25) is 0 Å². The first-order valence-electron chi connectivity index (χ1n) is 5.67. The Morgan fingerprint density at radius 2 is 2.10 bits per heavy atom. The Balaban J connectivity index is 3.13. The van der Waals surface area contributed by atoms with Crippen molar-refractivity contribution in [2.24, 2.45) is 0 Å². The maximum Gasteiger partial charge on any atom is 0.418 e. The number of ether oxygens (including phenoxy) is 1. The number of nitrogen functional groups attached to an aromatic ring is 1. The van der Waals surface area contributed by atoms with Gasteiger partial charge in [-0.05, 0) is 18.6 Å². The lowest BCUT2D eigenvalue weighted by Crippen LogP contribution is -2.26. The molecule has 0 amide bonds. The van der Waals surface area contributed by atoms with Crippen molar-refractivity contribution in [1.29, 1.82) is 0 Å². The Labute approximate surface area is 118 Å². The van der Waals surface area contributed by atoms with Crippen LogP contribution in [0.3, 0.4) is 0 Å². The molecule has 0 unspecified atom stereocenters. The van der Waals surface area contributed by atoms with Gasteiger partial charge in [0, 0.05) is 6.42 Å². The average molecular weight is 312 g/mol. The second-order valence-corrected chi connectivity index (χ2v) is 4.35. The molecule has 0 saturated carbocycles. The fraction of sp³-hybridized carbons (Fsp3) is 0.417. The summed E-state index contributed by atoms with van der Waals surface area (Å²) in [6.07, 6.45) is -7.00. The zero-order chi connectivity index (χ0) is 15.5. The minimum atomic E-state index is -4.74. The van der Waals surface area contributed by atoms with Crippen LogP contribution in [0.15, 0.2) is 12.1 Å². The van der Waals surface area contributed by atoms with E-state index in [1.807, 2.05) is 0 Å². The minimum absolute atomic E-state index is 0.0184. The highest BCUT2D eigenvalue weighted by Gasteiger charge is 2.37. The van der Waals surface area contributed by atoms with Crippen molar-refractivity contribution in [1.82, 2.24) is 0 Å². The van der Waals surface area contributed by atoms with Crippen molar-refractivity contribution >= 4 is 23.3 Å². The summed E-state index contributed by atoms with van der Waals surface area (Å²) < 4.78 is 43.4. The van der Waals surface area contributed by atoms with E-state index in [1.165, 1.54) is 13.0 Å². The number of anilines is 1. The highest BCUT2D eigenvalue weighted by atomic mass is 35.5. The van der Waals surface area contributed by atoms with E-state index in [4.69, 9.17) is 17.3 Å². The smallest absolute Gasteiger partial charge is 0.418 e. The van der Waals surface area contributed by atoms with Crippen LogP contribution in [0.2, 0.25) is 5.02 Å². The zero-order valence-corrected chi connectivity index (χ0v) is 11.3. The summed E-state index contributed by atoms with van der Waals surface area (Å²) in [6, 6.07) is 2.26. The van der Waals surface area contributed by atoms with Gasteiger partial charge in [-0.2, -0.15) is 13.2 Å². The van der Waals surface area contributed by atoms with Gasteiger partial charge in [0.15, 0.2) is 6.10 Å². The Morgan fingerprint density at radius 1 is 1.50 bits per heavy atom. The molecule has 0 spiro atoms. The van der Waals surface area contributed by atoms with Gasteiger partial charge in [-0.25, -0.2) is 4.79 Å². The first kappa shape index (κ1) is 16.6. The van der Waals surface area contributed by atoms with Crippen LogP contribution in [0, 0.1) is 0 Å². The van der Waals surface area contributed by atoms with Crippen LogP contribution in [-0.2, 0) is 22.1 Å². The number of halogens is 4. The predicted octanol–water partition coefficient (Wildman–Crippen LogP) is 2.41. The Bertz CT molecular complexity index is 505. The van der Waals surface area contributed by atoms with Gasteiger partial charge in [-0.15, -0.1) is 0 Å². The molecule has 1 aromatic rings. The molecule has 0 aliphatic rings. The van der Waals surface area contributed by atoms with Gasteiger partial charge in [0.2, 0.25) is 0 Å². The van der Waals surface area contributed by atoms with Crippen LogP contribution >= 0.6 is 11.6 Å². The summed E-state index contributed by atoms with van der Waals surface area (Å²) in [5.74, 6) is -0.992. The van der Waals surface area contributed by atoms with E-state index in [0.717, 1.165) is 6.07 Å². The molecule has 3 N–H and O–H groups in total. The van der Waals surface area contributed by atoms with E-state index < -0.39 is 35.3 Å². The second-order valence-electron chi connectivity index (χ2n) is 3.97. The third-order valence-electron chi connectivity index (χ3n) is 2.51. The maximum absolute atomic E-state index is 13.0. The Kier molecular flexibility index (Phi) is 5.24. The highest BCUT2D eigenvalue weighted by molar-refractivity contribution is 6.34. The lowest BCUT2D eigenvalue weighted by atomic mass is 10.00. The van der Waals surface area contributed by atoms with Crippen LogP contribution in [-0.4, -0.2) is 23.8 Å². The molecule has 0 aromatic heterocycles. The normalized spacial score (nSPS) is 13.1. The highest BCUT2D eigenvalue weighted by Crippen LogP contribution is 2.40. The number of hydrogen-bond donors (Lipinski definition) is 2. The largest absolute Gasteiger partial charge is 0.464 e. The second kappa shape index (κ2) is 6.32. The summed E-state index contributed by atoms with van der Waals surface area (Å²) in [6.45, 7) is 1.54. The molecular weight excluding hydrogens is 299 g/mol. The van der Waals surface area contributed by atoms with Crippen molar-refractivity contribution < 1.29 is 27.8 Å². The van der Waals surface area contributed by atoms with E-state index in [0.29, 0.717) is 0 Å². The SMILES string of the molecule is CCOC(=O)[C@H](O)Cc1ccc(N)c(Cl)c1C(F)(F)F. The van der Waals surface area contributed by atoms with E-state index in [-0.39, 0.29) is 17.9 Å². The molecule has 20 heavy (non-hydrogen) atoms. The van der Waals surface area contributed by atoms with Gasteiger partial charge in [0.1, 0.15) is 0 Å². The van der Waals surface area contributed by atoms with Crippen molar-refractivity contribution in [2.75, 3.05) is 12.3 Å². The first-order valence-corrected chi connectivity index (χ1v) is 6.05. The third-order valence-corrected chi connectivity index (χ3v) is 2.92. The summed E-state index contributed by atoms with van der Waals surface area (Å²) in [4.78, 5) is 11.2. The van der Waals surface area contributed by atoms with Gasteiger partial charge >= 0.3 is 12.1 Å². The quantitative estimate of drug-likeness (QED) is 0.661. The van der Waals surface area contributed by atoms with Crippen LogP contribution in [0.25, 0.3) is 0 Å². The molecule has 0 heterocycles. The summed E-state index contributed by atoms with van der Waals surface area (Å²) >= 11 is 5.56. The van der Waals surface area contributed by atoms with Crippen molar-refractivity contribution in [3.63, 3.8) is 0 Å². The molecular formula is C12H13ClF3NO3. The van der Waals surface area contributed by atoms with E-state index >= 15 is 0 Å². The van der Waals surface area contributed by atoms with Gasteiger partial charge < -0.3 is 15.6 Å². The maximum atomic E-state index is 13.0. The van der Waals surface area contributed by atoms with Crippen molar-refractivity contribution in [2.45, 2.75) is 25.6 Å². The van der Waals surface area contributed by atoms with Gasteiger partial charge in [0.05, 0.1) is 22.9 Å². The number of hydrogen-bond acceptors (Lipinski definition) is 4. The van der Waals surface area contributed by atoms with E-state index in [1.54, 1.807) is 0 Å². The summed E-state index contributed by atoms with van der Waals surface area (Å²) in [5, 5.41) is 8.89. The number of aliphatic hydroxyl groups is 1. The molecule has 0 radical (unpaired) electrons. The average Bonchev–Trinajstić information content (AvgIpc) is 2.32. The van der Waals surface area contributed by atoms with Crippen LogP contribution < -0.4 is 5.73 Å². The summed E-state index contributed by atoms with van der Waals surface area (Å²) in [7, 11) is 0. The molecule has 112 valence electrons. The standard InChI is InChI=1S/C12H13ClF3NO3/c1-2-20-11(19)8(18)5-6-3-4-7(17)10(13)9(6)12(14,15)16/h3-4,8,18H,2,5,17H2,1H3/t8-/m1/s1. The predicted molar refractivity (Wildman–Crippen MR) is 67.2 cm³/mol. The van der Waals surface area contributed by atoms with Crippen molar-refractivity contribution in [3.05, 3.63) is 28.3 Å². The Hall–Kier alpha value is -1.47. The number of alkyl halides is 3. The monoisotopic (exact) mass is 311 g/mol. The molecule has 0 bridgehead atoms. The molecule has 8 heteroatoms. The van der Waals surface area contributed by atoms with Crippen LogP contribution in [0.4, 0.5) is 18.9 Å². The number of benzene rings is 1. The topological polar surface area (TPSA) is 72.5 Å². The molecule has 1 rings (SSSR count). The van der Waals surface area contributed by atoms with Crippen molar-refractivity contribution in [3.8, 4) is 0 Å². The van der Waals surface area contributed by atoms with E-state index in [2.05, 4.69) is 4.74 Å². The van der Waals surface area contributed by atoms with Crippen LogP contribution in [0.5, 0.6) is 0 Å². The lowest BCUT2D eigenvalue weighted by molar-refractivity contribution is -0.153. The molecule has 0 fully saturated rings. The number of esters is 1. The third kappa shape index (κ3) is 3.77. The van der Waals surface area contributed by atoms with Crippen LogP contribution in [0.1, 0.15) is 18.1 Å². The first-order chi connectivity index (χ1) is 9.18. The Morgan fingerprint density at radius 3 is 2.60 bits per heavy atom. The fourth-order valence-electron chi connectivity index (χ4n) is 1.64. The number of aliphatic hydroxyl groups excluding tert-OH is 1. The molecule has 4 nitrogen and oxygen atoms in total. The number of carbonyl (C=O) groups is 1. The molecule has 1 aromatic carbocycles. The van der Waals surface area contributed by atoms with Gasteiger partial charge in [-0.1, -0.05) is 17.7 Å². The molecule has 0 aliphatic heterocycles. The zero-order valence-electron chi connectivity index (χ0n) is 10.5. The van der Waals surface area contributed by atoms with E-state index in [9.17, 15) is 23.1 Å². The molecule has 0 saturated heterocycles. The number of carbonyl (C=O) groups excluding carboxylic acids is 1. The minimum Gasteiger partial charge on any atom is -0.464 e. The number of rotatable bonds is 4. The molecule has 1 atom stereocenters. The van der Waals surface area contributed by atoms with Gasteiger partial charge in [0.25, 0.3) is 0 Å². The fourth-order valence-corrected chi connectivity index (χ4v) is 1.93.